The van der Waals surface area contributed by atoms with Crippen LogP contribution < -0.4 is 5.56 Å². The fourth-order valence-electron chi connectivity index (χ4n) is 4.50. The zero-order valence-electron chi connectivity index (χ0n) is 21.2. The number of piperidine rings is 1. The molecule has 4 aromatic rings. The molecule has 39 heavy (non-hydrogen) atoms. The molecule has 0 saturated carbocycles. The van der Waals surface area contributed by atoms with Crippen molar-refractivity contribution in [3.05, 3.63) is 75.3 Å². The van der Waals surface area contributed by atoms with Gasteiger partial charge >= 0.3 is 0 Å². The minimum Gasteiger partial charge on any atom is -0.308 e. The zero-order chi connectivity index (χ0) is 27.9. The highest BCUT2D eigenvalue weighted by molar-refractivity contribution is 7.89. The molecule has 0 spiro atoms. The molecule has 3 heterocycles. The Morgan fingerprint density at radius 3 is 2.33 bits per heavy atom. The summed E-state index contributed by atoms with van der Waals surface area (Å²) in [7, 11) is -4.68. The Kier molecular flexibility index (Phi) is 7.33. The third-order valence-electron chi connectivity index (χ3n) is 6.69. The van der Waals surface area contributed by atoms with Gasteiger partial charge in [0.1, 0.15) is 5.82 Å². The number of rotatable bonds is 7. The van der Waals surface area contributed by atoms with Crippen LogP contribution in [-0.2, 0) is 26.6 Å². The van der Waals surface area contributed by atoms with E-state index in [1.165, 1.54) is 42.7 Å². The van der Waals surface area contributed by atoms with Crippen LogP contribution in [0.15, 0.2) is 63.1 Å². The van der Waals surface area contributed by atoms with Gasteiger partial charge in [0.2, 0.25) is 20.0 Å². The maximum absolute atomic E-state index is 13.2. The highest BCUT2D eigenvalue weighted by atomic mass is 35.5. The number of sulfonamides is 2. The van der Waals surface area contributed by atoms with Crippen LogP contribution in [0.25, 0.3) is 11.2 Å². The summed E-state index contributed by atoms with van der Waals surface area (Å²) in [5.74, 6) is 0.285. The molecular formula is C24H26ClN7O5S2. The average Bonchev–Trinajstić information content (AvgIpc) is 3.32. The number of benzene rings is 2. The van der Waals surface area contributed by atoms with Crippen LogP contribution in [-0.4, -0.2) is 77.6 Å². The van der Waals surface area contributed by atoms with Gasteiger partial charge in [-0.05, 0) is 54.8 Å². The molecule has 2 aromatic heterocycles. The Hall–Kier alpha value is -3.17. The lowest BCUT2D eigenvalue weighted by molar-refractivity contribution is 0.313. The summed E-state index contributed by atoms with van der Waals surface area (Å²) < 4.78 is 55.0. The molecule has 1 aliphatic heterocycles. The second-order valence-electron chi connectivity index (χ2n) is 9.44. The van der Waals surface area contributed by atoms with Crippen LogP contribution >= 0.6 is 11.6 Å². The third-order valence-corrected chi connectivity index (χ3v) is 10.7. The van der Waals surface area contributed by atoms with Gasteiger partial charge in [-0.1, -0.05) is 28.9 Å². The van der Waals surface area contributed by atoms with Crippen molar-refractivity contribution in [3.63, 3.8) is 0 Å². The number of nitrogens with zero attached hydrogens (tertiary/aromatic N) is 6. The van der Waals surface area contributed by atoms with Crippen LogP contribution in [0.2, 0.25) is 5.02 Å². The molecule has 5 rings (SSSR count). The second kappa shape index (κ2) is 10.4. The Morgan fingerprint density at radius 1 is 1.03 bits per heavy atom. The molecule has 1 N–H and O–H groups in total. The monoisotopic (exact) mass is 591 g/mol. The smallest absolute Gasteiger partial charge is 0.281 e. The van der Waals surface area contributed by atoms with Crippen LogP contribution in [0, 0.1) is 0 Å². The average molecular weight is 592 g/mol. The van der Waals surface area contributed by atoms with Gasteiger partial charge in [0.25, 0.3) is 5.56 Å². The van der Waals surface area contributed by atoms with E-state index in [1.54, 1.807) is 16.8 Å². The predicted molar refractivity (Wildman–Crippen MR) is 145 cm³/mol. The molecule has 0 amide bonds. The fourth-order valence-corrected chi connectivity index (χ4v) is 7.09. The minimum absolute atomic E-state index is 0.0136. The largest absolute Gasteiger partial charge is 0.308 e. The Bertz CT molecular complexity index is 1790. The van der Waals surface area contributed by atoms with E-state index in [-0.39, 0.29) is 34.3 Å². The Morgan fingerprint density at radius 2 is 1.69 bits per heavy atom. The molecule has 0 aliphatic carbocycles. The summed E-state index contributed by atoms with van der Waals surface area (Å²) in [6.45, 7) is 0.761. The lowest BCUT2D eigenvalue weighted by atomic mass is 9.97. The van der Waals surface area contributed by atoms with Crippen molar-refractivity contribution in [1.29, 1.82) is 0 Å². The summed E-state index contributed by atoms with van der Waals surface area (Å²) in [6, 6.07) is 12.5. The number of halogens is 1. The van der Waals surface area contributed by atoms with Crippen molar-refractivity contribution in [2.45, 2.75) is 35.1 Å². The number of aromatic amines is 1. The summed E-state index contributed by atoms with van der Waals surface area (Å²) in [6.07, 6.45) is 0.882. The first-order valence-corrected chi connectivity index (χ1v) is 15.3. The molecule has 1 saturated heterocycles. The van der Waals surface area contributed by atoms with E-state index in [0.29, 0.717) is 35.9 Å². The predicted octanol–water partition coefficient (Wildman–Crippen LogP) is 2.03. The van der Waals surface area contributed by atoms with Crippen LogP contribution in [0.5, 0.6) is 0 Å². The highest BCUT2D eigenvalue weighted by Gasteiger charge is 2.32. The molecule has 2 aromatic carbocycles. The van der Waals surface area contributed by atoms with Crippen molar-refractivity contribution in [2.24, 2.45) is 0 Å². The summed E-state index contributed by atoms with van der Waals surface area (Å²) >= 11 is 6.09. The number of hydrogen-bond donors (Lipinski definition) is 1. The van der Waals surface area contributed by atoms with Crippen LogP contribution in [0.3, 0.4) is 0 Å². The van der Waals surface area contributed by atoms with Gasteiger partial charge in [-0.15, -0.1) is 5.10 Å². The molecule has 0 unspecified atom stereocenters. The molecule has 15 heteroatoms. The maximum Gasteiger partial charge on any atom is 0.281 e. The first-order chi connectivity index (χ1) is 18.5. The number of H-pyrrole nitrogens is 1. The standard InChI is InChI=1S/C24H26ClN7O5S2/c1-30(2)38(34,35)19-6-8-20(9-7-19)39(36,37)31-12-10-17(11-13-31)22-26-23-21(24(33)27-22)28-29-32(23)15-16-4-3-5-18(25)14-16/h3-9,14,17H,10-13,15H2,1-2H3,(H,26,27,33). The first kappa shape index (κ1) is 27.4. The molecule has 1 fully saturated rings. The van der Waals surface area contributed by atoms with Crippen molar-refractivity contribution in [2.75, 3.05) is 27.2 Å². The molecule has 12 nitrogen and oxygen atoms in total. The number of fused-ring (bicyclic) bond motifs is 1. The second-order valence-corrected chi connectivity index (χ2v) is 14.0. The van der Waals surface area contributed by atoms with E-state index < -0.39 is 25.6 Å². The van der Waals surface area contributed by atoms with Gasteiger partial charge < -0.3 is 4.98 Å². The Balaban J connectivity index is 1.33. The molecule has 0 radical (unpaired) electrons. The van der Waals surface area contributed by atoms with E-state index in [0.717, 1.165) is 9.87 Å². The van der Waals surface area contributed by atoms with Gasteiger partial charge in [0.05, 0.1) is 16.3 Å². The number of nitrogens with one attached hydrogen (secondary N) is 1. The Labute approximate surface area is 230 Å². The topological polar surface area (TPSA) is 151 Å². The molecule has 1 aliphatic rings. The normalized spacial score (nSPS) is 15.8. The van der Waals surface area contributed by atoms with Gasteiger partial charge in [0.15, 0.2) is 11.2 Å². The maximum atomic E-state index is 13.2. The molecule has 206 valence electrons. The van der Waals surface area contributed by atoms with Crippen molar-refractivity contribution in [3.8, 4) is 0 Å². The van der Waals surface area contributed by atoms with Crippen molar-refractivity contribution in [1.82, 2.24) is 33.6 Å². The molecular weight excluding hydrogens is 566 g/mol. The van der Waals surface area contributed by atoms with E-state index in [4.69, 9.17) is 11.6 Å². The number of aromatic nitrogens is 5. The lowest BCUT2D eigenvalue weighted by Crippen LogP contribution is -2.38. The fraction of sp³-hybridized carbons (Fsp3) is 0.333. The van der Waals surface area contributed by atoms with E-state index in [1.807, 2.05) is 12.1 Å². The third kappa shape index (κ3) is 5.34. The molecule has 0 bridgehead atoms. The minimum atomic E-state index is -3.83. The summed E-state index contributed by atoms with van der Waals surface area (Å²) in [5, 5.41) is 8.65. The van der Waals surface area contributed by atoms with Gasteiger partial charge in [-0.3, -0.25) is 4.79 Å². The molecule has 0 atom stereocenters. The van der Waals surface area contributed by atoms with Crippen molar-refractivity contribution >= 4 is 42.8 Å². The zero-order valence-corrected chi connectivity index (χ0v) is 23.5. The number of hydrogen-bond acceptors (Lipinski definition) is 8. The van der Waals surface area contributed by atoms with Crippen LogP contribution in [0.1, 0.15) is 30.1 Å². The SMILES string of the molecule is CN(C)S(=O)(=O)c1ccc(S(=O)(=O)N2CCC(c3nc4c(nnn4Cc4cccc(Cl)c4)c(=O)[nH]3)CC2)cc1. The van der Waals surface area contributed by atoms with Crippen LogP contribution in [0.4, 0.5) is 0 Å². The van der Waals surface area contributed by atoms with E-state index in [2.05, 4.69) is 20.3 Å². The quantitative estimate of drug-likeness (QED) is 0.343. The van der Waals surface area contributed by atoms with E-state index >= 15 is 0 Å². The van der Waals surface area contributed by atoms with Gasteiger partial charge in [-0.2, -0.15) is 4.31 Å². The van der Waals surface area contributed by atoms with Gasteiger partial charge in [0, 0.05) is 38.1 Å². The lowest BCUT2D eigenvalue weighted by Gasteiger charge is -2.30. The van der Waals surface area contributed by atoms with E-state index in [9.17, 15) is 21.6 Å². The summed E-state index contributed by atoms with van der Waals surface area (Å²) in [5.41, 5.74) is 0.941. The van der Waals surface area contributed by atoms with Crippen molar-refractivity contribution < 1.29 is 16.8 Å². The summed E-state index contributed by atoms with van der Waals surface area (Å²) in [4.78, 5) is 20.2. The highest BCUT2D eigenvalue weighted by Crippen LogP contribution is 2.29. The van der Waals surface area contributed by atoms with Gasteiger partial charge in [-0.25, -0.2) is 30.8 Å². The first-order valence-electron chi connectivity index (χ1n) is 12.1.